The Balaban J connectivity index is 0.000000558. The van der Waals surface area contributed by atoms with Crippen molar-refractivity contribution < 1.29 is 21.2 Å². The molecule has 206 valence electrons. The summed E-state index contributed by atoms with van der Waals surface area (Å²) in [7, 11) is 0.511. The van der Waals surface area contributed by atoms with Gasteiger partial charge >= 0.3 is 0 Å². The molecule has 0 N–H and O–H groups in total. The van der Waals surface area contributed by atoms with Crippen LogP contribution in [0.25, 0.3) is 12.2 Å². The molecule has 1 heterocycles. The molecule has 0 saturated carbocycles. The van der Waals surface area contributed by atoms with Crippen molar-refractivity contribution in [2.24, 2.45) is 0 Å². The van der Waals surface area contributed by atoms with E-state index in [2.05, 4.69) is 91.8 Å². The Kier molecular flexibility index (Phi) is 21.1. The third kappa shape index (κ3) is 16.4. The second-order valence-corrected chi connectivity index (χ2v) is 17.4. The van der Waals surface area contributed by atoms with Crippen LogP contribution < -0.4 is 0 Å². The van der Waals surface area contributed by atoms with Crippen LogP contribution in [0, 0.1) is 0 Å². The molecule has 3 rings (SSSR count). The van der Waals surface area contributed by atoms with E-state index in [1.165, 1.54) is 36.3 Å². The summed E-state index contributed by atoms with van der Waals surface area (Å²) in [5.41, 5.74) is 6.10. The summed E-state index contributed by atoms with van der Waals surface area (Å²) in [6, 6.07) is 20.6. The predicted octanol–water partition coefficient (Wildman–Crippen LogP) is 10.2. The second-order valence-electron chi connectivity index (χ2n) is 10.3. The topological polar surface area (TPSA) is 9.23 Å². The summed E-state index contributed by atoms with van der Waals surface area (Å²) >= 11 is 0. The molecule has 1 aliphatic rings. The fourth-order valence-corrected chi connectivity index (χ4v) is 10.6. The molecule has 0 spiro atoms. The Morgan fingerprint density at radius 3 is 1.11 bits per heavy atom. The van der Waals surface area contributed by atoms with Crippen LogP contribution in [-0.4, -0.2) is 48.2 Å². The van der Waals surface area contributed by atoms with Crippen molar-refractivity contribution in [3.8, 4) is 0 Å². The summed E-state index contributed by atoms with van der Waals surface area (Å²) < 4.78 is 4.94. The molecule has 0 unspecified atom stereocenters. The zero-order valence-electron chi connectivity index (χ0n) is 24.1. The van der Waals surface area contributed by atoms with Crippen LogP contribution >= 0.6 is 15.8 Å². The zero-order valence-corrected chi connectivity index (χ0v) is 26.9. The molecule has 0 amide bonds. The largest absolute Gasteiger partial charge is 0.381 e. The minimum Gasteiger partial charge on any atom is -0.381 e. The van der Waals surface area contributed by atoms with E-state index in [9.17, 15) is 0 Å². The first-order chi connectivity index (χ1) is 16.7. The van der Waals surface area contributed by atoms with Crippen molar-refractivity contribution in [3.05, 3.63) is 71.8 Å². The maximum atomic E-state index is 4.94. The van der Waals surface area contributed by atoms with E-state index in [-0.39, 0.29) is 32.3 Å². The minimum atomic E-state index is 0. The van der Waals surface area contributed by atoms with E-state index in [0.29, 0.717) is 0 Å². The Labute approximate surface area is 236 Å². The molecule has 0 atom stereocenters. The van der Waals surface area contributed by atoms with Crippen LogP contribution in [0.15, 0.2) is 60.7 Å². The van der Waals surface area contributed by atoms with Crippen LogP contribution in [0.5, 0.6) is 0 Å². The molecule has 36 heavy (non-hydrogen) atoms. The van der Waals surface area contributed by atoms with Gasteiger partial charge < -0.3 is 4.74 Å². The number of ether oxygens (including phenoxy) is 1. The average molecular weight is 573 g/mol. The van der Waals surface area contributed by atoms with Crippen LogP contribution in [0.3, 0.4) is 0 Å². The van der Waals surface area contributed by atoms with Crippen LogP contribution in [-0.2, 0) is 21.2 Å². The third-order valence-corrected chi connectivity index (χ3v) is 13.3. The molecular weight excluding hydrogens is 521 g/mol. The third-order valence-electron chi connectivity index (χ3n) is 6.16. The number of benzene rings is 2. The first kappa shape index (κ1) is 35.5. The van der Waals surface area contributed by atoms with Gasteiger partial charge in [-0.1, -0.05) is 128 Å². The zero-order chi connectivity index (χ0) is 26.1. The van der Waals surface area contributed by atoms with Gasteiger partial charge in [-0.05, 0) is 58.9 Å². The minimum absolute atomic E-state index is 0. The van der Waals surface area contributed by atoms with E-state index >= 15 is 0 Å². The fourth-order valence-electron chi connectivity index (χ4n) is 4.29. The number of hydrogen-bond donors (Lipinski definition) is 0. The quantitative estimate of drug-likeness (QED) is 0.165. The monoisotopic (exact) mass is 572 g/mol. The SMILES string of the molecule is C(=C\c1ccccc1)/c1ccccc1.C1CCOC1.CC(C)P(CCP(C(C)C)C(C)C)C(C)C.[Ni]. The van der Waals surface area contributed by atoms with Crippen LogP contribution in [0.1, 0.15) is 79.4 Å². The molecule has 1 aliphatic heterocycles. The van der Waals surface area contributed by atoms with Gasteiger partial charge in [-0.2, -0.15) is 0 Å². The molecule has 1 saturated heterocycles. The van der Waals surface area contributed by atoms with Gasteiger partial charge in [-0.25, -0.2) is 0 Å². The van der Waals surface area contributed by atoms with Crippen molar-refractivity contribution in [1.82, 2.24) is 0 Å². The fraction of sp³-hybridized carbons (Fsp3) is 0.562. The number of rotatable bonds is 9. The van der Waals surface area contributed by atoms with Gasteiger partial charge in [-0.3, -0.25) is 0 Å². The molecule has 2 aromatic rings. The smallest absolute Gasteiger partial charge is 0.0466 e. The molecule has 1 nitrogen and oxygen atoms in total. The van der Waals surface area contributed by atoms with Crippen molar-refractivity contribution in [2.45, 2.75) is 90.9 Å². The van der Waals surface area contributed by atoms with E-state index in [1.54, 1.807) is 0 Å². The van der Waals surface area contributed by atoms with Crippen LogP contribution in [0.4, 0.5) is 0 Å². The second kappa shape index (κ2) is 21.4. The molecule has 0 aromatic heterocycles. The van der Waals surface area contributed by atoms with Crippen LogP contribution in [0.2, 0.25) is 0 Å². The predicted molar refractivity (Wildman–Crippen MR) is 166 cm³/mol. The normalized spacial score (nSPS) is 13.3. The van der Waals surface area contributed by atoms with E-state index < -0.39 is 0 Å². The van der Waals surface area contributed by atoms with Gasteiger partial charge in [0.15, 0.2) is 0 Å². The summed E-state index contributed by atoms with van der Waals surface area (Å²) in [4.78, 5) is 0. The first-order valence-electron chi connectivity index (χ1n) is 13.6. The maximum absolute atomic E-state index is 4.94. The van der Waals surface area contributed by atoms with Gasteiger partial charge in [0.05, 0.1) is 0 Å². The molecule has 1 fully saturated rings. The molecule has 0 aliphatic carbocycles. The average Bonchev–Trinajstić information content (AvgIpc) is 3.42. The Hall–Kier alpha value is -0.506. The van der Waals surface area contributed by atoms with Crippen molar-refractivity contribution in [2.75, 3.05) is 25.5 Å². The molecular formula is C32H52NiOP2. The molecule has 4 heteroatoms. The summed E-state index contributed by atoms with van der Waals surface area (Å²) in [5, 5.41) is 0. The molecule has 0 bridgehead atoms. The maximum Gasteiger partial charge on any atom is 0.0466 e. The van der Waals surface area contributed by atoms with Crippen molar-refractivity contribution in [1.29, 1.82) is 0 Å². The Morgan fingerprint density at radius 2 is 0.889 bits per heavy atom. The standard InChI is InChI=1S/C14H32P2.C14H12.C4H8O.Ni/c1-11(2)15(12(3)4)9-10-16(13(5)6)14(7)8;1-3-7-13(8-4-1)11-12-14-9-5-2-6-10-14;1-2-4-5-3-1;/h11-14H,9-10H2,1-8H3;1-12H;1-4H2;/b;12-11+;;. The summed E-state index contributed by atoms with van der Waals surface area (Å²) in [6.07, 6.45) is 9.81. The van der Waals surface area contributed by atoms with E-state index in [4.69, 9.17) is 4.74 Å². The molecule has 0 radical (unpaired) electrons. The Bertz CT molecular complexity index is 686. The van der Waals surface area contributed by atoms with E-state index in [0.717, 1.165) is 35.8 Å². The summed E-state index contributed by atoms with van der Waals surface area (Å²) in [5.74, 6) is 0. The van der Waals surface area contributed by atoms with Gasteiger partial charge in [0.1, 0.15) is 0 Å². The first-order valence-corrected chi connectivity index (χ1v) is 16.9. The molecule has 2 aromatic carbocycles. The van der Waals surface area contributed by atoms with Crippen molar-refractivity contribution >= 4 is 28.0 Å². The van der Waals surface area contributed by atoms with Gasteiger partial charge in [-0.15, -0.1) is 15.8 Å². The van der Waals surface area contributed by atoms with Gasteiger partial charge in [0.2, 0.25) is 0 Å². The summed E-state index contributed by atoms with van der Waals surface area (Å²) in [6.45, 7) is 21.3. The van der Waals surface area contributed by atoms with E-state index in [1.807, 2.05) is 36.4 Å². The van der Waals surface area contributed by atoms with Gasteiger partial charge in [0, 0.05) is 29.7 Å². The number of hydrogen-bond acceptors (Lipinski definition) is 1. The Morgan fingerprint density at radius 1 is 0.583 bits per heavy atom. The van der Waals surface area contributed by atoms with Gasteiger partial charge in [0.25, 0.3) is 0 Å². The van der Waals surface area contributed by atoms with Crippen molar-refractivity contribution in [3.63, 3.8) is 0 Å².